The first kappa shape index (κ1) is 19.5. The topological polar surface area (TPSA) is 65.0 Å². The Morgan fingerprint density at radius 1 is 0.893 bits per heavy atom. The SMILES string of the molecule is COc1ccccc1OC(CO)C(=O)c1ccc(OCc2ccccc2)cc1. The Morgan fingerprint density at radius 3 is 2.18 bits per heavy atom. The van der Waals surface area contributed by atoms with Crippen molar-refractivity contribution in [2.75, 3.05) is 13.7 Å². The van der Waals surface area contributed by atoms with Crippen LogP contribution in [0.15, 0.2) is 78.9 Å². The first-order chi connectivity index (χ1) is 13.7. The Labute approximate surface area is 164 Å². The van der Waals surface area contributed by atoms with Gasteiger partial charge >= 0.3 is 0 Å². The number of carbonyl (C=O) groups is 1. The third-order valence-electron chi connectivity index (χ3n) is 4.18. The summed E-state index contributed by atoms with van der Waals surface area (Å²) in [4.78, 5) is 12.7. The summed E-state index contributed by atoms with van der Waals surface area (Å²) in [6, 6.07) is 23.6. The molecule has 0 aliphatic carbocycles. The van der Waals surface area contributed by atoms with Gasteiger partial charge in [0, 0.05) is 5.56 Å². The van der Waals surface area contributed by atoms with E-state index in [2.05, 4.69) is 0 Å². The zero-order valence-electron chi connectivity index (χ0n) is 15.6. The Morgan fingerprint density at radius 2 is 1.54 bits per heavy atom. The van der Waals surface area contributed by atoms with Crippen LogP contribution in [0.25, 0.3) is 0 Å². The van der Waals surface area contributed by atoms with E-state index >= 15 is 0 Å². The van der Waals surface area contributed by atoms with Crippen LogP contribution in [-0.4, -0.2) is 30.7 Å². The van der Waals surface area contributed by atoms with E-state index in [9.17, 15) is 9.90 Å². The van der Waals surface area contributed by atoms with Crippen LogP contribution < -0.4 is 14.2 Å². The summed E-state index contributed by atoms with van der Waals surface area (Å²) >= 11 is 0. The fourth-order valence-corrected chi connectivity index (χ4v) is 2.69. The zero-order chi connectivity index (χ0) is 19.8. The van der Waals surface area contributed by atoms with Crippen LogP contribution in [0, 0.1) is 0 Å². The van der Waals surface area contributed by atoms with Gasteiger partial charge in [0.05, 0.1) is 13.7 Å². The van der Waals surface area contributed by atoms with Gasteiger partial charge in [-0.05, 0) is 42.0 Å². The predicted molar refractivity (Wildman–Crippen MR) is 106 cm³/mol. The van der Waals surface area contributed by atoms with Crippen molar-refractivity contribution in [2.45, 2.75) is 12.7 Å². The number of aliphatic hydroxyl groups is 1. The molecule has 0 saturated carbocycles. The Balaban J connectivity index is 1.65. The molecular formula is C23H22O5. The lowest BCUT2D eigenvalue weighted by Gasteiger charge is -2.18. The van der Waals surface area contributed by atoms with Crippen molar-refractivity contribution in [1.82, 2.24) is 0 Å². The van der Waals surface area contributed by atoms with Crippen molar-refractivity contribution < 1.29 is 24.1 Å². The lowest BCUT2D eigenvalue weighted by Crippen LogP contribution is -2.31. The van der Waals surface area contributed by atoms with Crippen molar-refractivity contribution >= 4 is 5.78 Å². The summed E-state index contributed by atoms with van der Waals surface area (Å²) in [7, 11) is 1.52. The molecular weight excluding hydrogens is 356 g/mol. The van der Waals surface area contributed by atoms with Crippen LogP contribution in [0.4, 0.5) is 0 Å². The maximum absolute atomic E-state index is 12.7. The number of Topliss-reactive ketones (excluding diaryl/α,β-unsaturated/α-hetero) is 1. The molecule has 0 aromatic heterocycles. The zero-order valence-corrected chi connectivity index (χ0v) is 15.6. The fraction of sp³-hybridized carbons (Fsp3) is 0.174. The molecule has 0 radical (unpaired) electrons. The average molecular weight is 378 g/mol. The Bertz CT molecular complexity index is 890. The van der Waals surface area contributed by atoms with Crippen LogP contribution in [0.3, 0.4) is 0 Å². The van der Waals surface area contributed by atoms with Gasteiger partial charge in [-0.15, -0.1) is 0 Å². The van der Waals surface area contributed by atoms with Gasteiger partial charge < -0.3 is 19.3 Å². The standard InChI is InChI=1S/C23H22O5/c1-26-20-9-5-6-10-21(20)28-22(15-24)23(25)18-11-13-19(14-12-18)27-16-17-7-3-2-4-8-17/h2-14,22,24H,15-16H2,1H3. The normalized spacial score (nSPS) is 11.5. The third kappa shape index (κ3) is 4.90. The number of hydrogen-bond donors (Lipinski definition) is 1. The average Bonchev–Trinajstić information content (AvgIpc) is 2.77. The highest BCUT2D eigenvalue weighted by Crippen LogP contribution is 2.27. The molecule has 3 aromatic carbocycles. The molecule has 1 atom stereocenters. The van der Waals surface area contributed by atoms with Gasteiger partial charge in [-0.1, -0.05) is 42.5 Å². The molecule has 0 spiro atoms. The smallest absolute Gasteiger partial charge is 0.205 e. The molecule has 0 aliphatic rings. The van der Waals surface area contributed by atoms with Gasteiger partial charge in [0.1, 0.15) is 12.4 Å². The summed E-state index contributed by atoms with van der Waals surface area (Å²) in [5.74, 6) is 1.24. The van der Waals surface area contributed by atoms with E-state index in [-0.39, 0.29) is 5.78 Å². The molecule has 0 aliphatic heterocycles. The molecule has 0 fully saturated rings. The quantitative estimate of drug-likeness (QED) is 0.572. The second kappa shape index (κ2) is 9.58. The summed E-state index contributed by atoms with van der Waals surface area (Å²) in [5.41, 5.74) is 1.49. The second-order valence-corrected chi connectivity index (χ2v) is 6.10. The Kier molecular flexibility index (Phi) is 6.65. The number of rotatable bonds is 9. The second-order valence-electron chi connectivity index (χ2n) is 6.10. The van der Waals surface area contributed by atoms with E-state index in [1.165, 1.54) is 7.11 Å². The number of para-hydroxylation sites is 2. The molecule has 1 unspecified atom stereocenters. The Hall–Kier alpha value is -3.31. The molecule has 0 heterocycles. The van der Waals surface area contributed by atoms with Crippen molar-refractivity contribution in [1.29, 1.82) is 0 Å². The van der Waals surface area contributed by atoms with Gasteiger partial charge in [0.2, 0.25) is 5.78 Å². The lowest BCUT2D eigenvalue weighted by molar-refractivity contribution is 0.0652. The molecule has 144 valence electrons. The number of benzene rings is 3. The van der Waals surface area contributed by atoms with Gasteiger partial charge in [-0.3, -0.25) is 4.79 Å². The molecule has 3 rings (SSSR count). The largest absolute Gasteiger partial charge is 0.493 e. The molecule has 3 aromatic rings. The highest BCUT2D eigenvalue weighted by Gasteiger charge is 2.22. The van der Waals surface area contributed by atoms with Gasteiger partial charge in [-0.2, -0.15) is 0 Å². The van der Waals surface area contributed by atoms with E-state index < -0.39 is 12.7 Å². The highest BCUT2D eigenvalue weighted by atomic mass is 16.5. The maximum atomic E-state index is 12.7. The van der Waals surface area contributed by atoms with Crippen LogP contribution in [-0.2, 0) is 6.61 Å². The van der Waals surface area contributed by atoms with Gasteiger partial charge in [-0.25, -0.2) is 0 Å². The molecule has 28 heavy (non-hydrogen) atoms. The van der Waals surface area contributed by atoms with E-state index in [1.54, 1.807) is 48.5 Å². The number of carbonyl (C=O) groups excluding carboxylic acids is 1. The molecule has 0 saturated heterocycles. The third-order valence-corrected chi connectivity index (χ3v) is 4.18. The summed E-state index contributed by atoms with van der Waals surface area (Å²) < 4.78 is 16.6. The minimum atomic E-state index is -1.02. The van der Waals surface area contributed by atoms with Crippen molar-refractivity contribution in [3.05, 3.63) is 90.0 Å². The van der Waals surface area contributed by atoms with E-state index in [1.807, 2.05) is 30.3 Å². The first-order valence-corrected chi connectivity index (χ1v) is 8.93. The molecule has 1 N–H and O–H groups in total. The number of aliphatic hydroxyl groups excluding tert-OH is 1. The van der Waals surface area contributed by atoms with Gasteiger partial charge in [0.15, 0.2) is 17.6 Å². The fourth-order valence-electron chi connectivity index (χ4n) is 2.69. The van der Waals surface area contributed by atoms with Crippen LogP contribution in [0.1, 0.15) is 15.9 Å². The van der Waals surface area contributed by atoms with Crippen molar-refractivity contribution in [3.63, 3.8) is 0 Å². The highest BCUT2D eigenvalue weighted by molar-refractivity contribution is 5.99. The number of hydrogen-bond acceptors (Lipinski definition) is 5. The van der Waals surface area contributed by atoms with Crippen LogP contribution in [0.5, 0.6) is 17.2 Å². The lowest BCUT2D eigenvalue weighted by atomic mass is 10.1. The van der Waals surface area contributed by atoms with E-state index in [4.69, 9.17) is 14.2 Å². The van der Waals surface area contributed by atoms with Crippen LogP contribution >= 0.6 is 0 Å². The summed E-state index contributed by atoms with van der Waals surface area (Å²) in [6.07, 6.45) is -1.02. The number of methoxy groups -OCH3 is 1. The van der Waals surface area contributed by atoms with Gasteiger partial charge in [0.25, 0.3) is 0 Å². The molecule has 5 heteroatoms. The summed E-state index contributed by atoms with van der Waals surface area (Å²) in [5, 5.41) is 9.64. The predicted octanol–water partition coefficient (Wildman–Crippen LogP) is 3.90. The number of ether oxygens (including phenoxy) is 3. The summed E-state index contributed by atoms with van der Waals surface area (Å²) in [6.45, 7) is 0.00739. The minimum Gasteiger partial charge on any atom is -0.493 e. The molecule has 0 bridgehead atoms. The molecule has 5 nitrogen and oxygen atoms in total. The van der Waals surface area contributed by atoms with E-state index in [0.29, 0.717) is 29.4 Å². The monoisotopic (exact) mass is 378 g/mol. The maximum Gasteiger partial charge on any atom is 0.205 e. The molecule has 0 amide bonds. The van der Waals surface area contributed by atoms with Crippen LogP contribution in [0.2, 0.25) is 0 Å². The number of ketones is 1. The van der Waals surface area contributed by atoms with Crippen molar-refractivity contribution in [3.8, 4) is 17.2 Å². The minimum absolute atomic E-state index is 0.317. The van der Waals surface area contributed by atoms with Crippen molar-refractivity contribution in [2.24, 2.45) is 0 Å². The van der Waals surface area contributed by atoms with E-state index in [0.717, 1.165) is 5.56 Å². The first-order valence-electron chi connectivity index (χ1n) is 8.93.